The summed E-state index contributed by atoms with van der Waals surface area (Å²) in [6, 6.07) is 21.1. The molecule has 0 aliphatic carbocycles. The van der Waals surface area contributed by atoms with Crippen molar-refractivity contribution in [1.82, 2.24) is 0 Å². The molecule has 0 aliphatic rings. The first-order valence-corrected chi connectivity index (χ1v) is 10.5. The molecule has 0 aliphatic heterocycles. The summed E-state index contributed by atoms with van der Waals surface area (Å²) in [5.74, 6) is 0.347. The molecule has 0 fully saturated rings. The fourth-order valence-electron chi connectivity index (χ4n) is 3.01. The van der Waals surface area contributed by atoms with Crippen molar-refractivity contribution >= 4 is 53.3 Å². The van der Waals surface area contributed by atoms with E-state index >= 15 is 0 Å². The number of aliphatic imine (C=N–C) groups is 2. The van der Waals surface area contributed by atoms with Gasteiger partial charge in [0.1, 0.15) is 11.7 Å². The molecule has 0 atom stereocenters. The molecular weight excluding hydrogens is 464 g/mol. The van der Waals surface area contributed by atoms with Gasteiger partial charge in [0.15, 0.2) is 0 Å². The van der Waals surface area contributed by atoms with E-state index in [1.54, 1.807) is 93.0 Å². The first-order valence-electron chi connectivity index (χ1n) is 10.5. The highest BCUT2D eigenvalue weighted by Gasteiger charge is 2.07. The van der Waals surface area contributed by atoms with E-state index in [1.807, 2.05) is 0 Å². The number of anilines is 2. The largest absolute Gasteiger partial charge is 0.384 e. The maximum Gasteiger partial charge on any atom is 0.255 e. The van der Waals surface area contributed by atoms with Gasteiger partial charge in [0.2, 0.25) is 5.91 Å². The van der Waals surface area contributed by atoms with Gasteiger partial charge >= 0.3 is 0 Å². The Labute approximate surface area is 210 Å². The monoisotopic (exact) mass is 490 g/mol. The molecule has 0 heterocycles. The van der Waals surface area contributed by atoms with Crippen molar-refractivity contribution in [2.45, 2.75) is 0 Å². The summed E-state index contributed by atoms with van der Waals surface area (Å²) in [7, 11) is 3.24. The Morgan fingerprint density at radius 3 is 1.57 bits per heavy atom. The Balaban J connectivity index is 0.00000432. The van der Waals surface area contributed by atoms with Crippen molar-refractivity contribution in [2.75, 3.05) is 24.7 Å². The highest BCUT2D eigenvalue weighted by atomic mass is 35.5. The van der Waals surface area contributed by atoms with Gasteiger partial charge in [-0.3, -0.25) is 19.6 Å². The first-order chi connectivity index (χ1) is 16.4. The summed E-state index contributed by atoms with van der Waals surface area (Å²) in [5.41, 5.74) is 15.7. The third-order valence-electron chi connectivity index (χ3n) is 4.97. The normalized spacial score (nSPS) is 11.6. The third-order valence-corrected chi connectivity index (χ3v) is 4.97. The molecule has 9 heteroatoms. The van der Waals surface area contributed by atoms with Crippen LogP contribution in [-0.2, 0) is 4.79 Å². The SMILES string of the molecule is CN=C(N)c1ccc(NC(=O)/C=C\c2ccc(C(=O)Nc3ccc(C(N)=NC)cc3)cc2)cc1.Cl. The maximum atomic E-state index is 12.5. The summed E-state index contributed by atoms with van der Waals surface area (Å²) in [5, 5.41) is 5.62. The fourth-order valence-corrected chi connectivity index (χ4v) is 3.01. The molecule has 3 aromatic rings. The minimum atomic E-state index is -0.274. The van der Waals surface area contributed by atoms with Gasteiger partial charge in [-0.15, -0.1) is 12.4 Å². The molecule has 3 aromatic carbocycles. The number of carbonyl (C=O) groups excluding carboxylic acids is 2. The van der Waals surface area contributed by atoms with E-state index in [0.29, 0.717) is 28.6 Å². The van der Waals surface area contributed by atoms with Crippen LogP contribution in [0.3, 0.4) is 0 Å². The number of hydrogen-bond acceptors (Lipinski definition) is 4. The summed E-state index contributed by atoms with van der Waals surface area (Å²) < 4.78 is 0. The van der Waals surface area contributed by atoms with Crippen LogP contribution in [-0.4, -0.2) is 37.6 Å². The summed E-state index contributed by atoms with van der Waals surface area (Å²) >= 11 is 0. The number of carbonyl (C=O) groups is 2. The van der Waals surface area contributed by atoms with Crippen LogP contribution in [0.5, 0.6) is 0 Å². The van der Waals surface area contributed by atoms with Gasteiger partial charge in [0, 0.05) is 48.2 Å². The van der Waals surface area contributed by atoms with Crippen LogP contribution in [0.1, 0.15) is 27.0 Å². The van der Waals surface area contributed by atoms with Crippen LogP contribution < -0.4 is 22.1 Å². The second kappa shape index (κ2) is 12.7. The average molecular weight is 491 g/mol. The lowest BCUT2D eigenvalue weighted by molar-refractivity contribution is -0.111. The molecule has 0 bridgehead atoms. The number of halogens is 1. The number of nitrogens with one attached hydrogen (secondary N) is 2. The quantitative estimate of drug-likeness (QED) is 0.228. The molecule has 0 saturated carbocycles. The van der Waals surface area contributed by atoms with Gasteiger partial charge < -0.3 is 22.1 Å². The Morgan fingerprint density at radius 2 is 1.11 bits per heavy atom. The van der Waals surface area contributed by atoms with E-state index in [4.69, 9.17) is 11.5 Å². The Bertz CT molecular complexity index is 1250. The summed E-state index contributed by atoms with van der Waals surface area (Å²) in [4.78, 5) is 32.6. The number of amides is 2. The molecule has 8 nitrogen and oxygen atoms in total. The van der Waals surface area contributed by atoms with Gasteiger partial charge in [-0.25, -0.2) is 0 Å². The number of nitrogens with zero attached hydrogens (tertiary/aromatic N) is 2. The number of nitrogens with two attached hydrogens (primary N) is 2. The van der Waals surface area contributed by atoms with Crippen LogP contribution in [0.2, 0.25) is 0 Å². The smallest absolute Gasteiger partial charge is 0.255 e. The molecule has 2 amide bonds. The molecular formula is C26H27ClN6O2. The van der Waals surface area contributed by atoms with Gasteiger partial charge in [0.05, 0.1) is 0 Å². The maximum absolute atomic E-state index is 12.5. The predicted molar refractivity (Wildman–Crippen MR) is 145 cm³/mol. The van der Waals surface area contributed by atoms with Crippen LogP contribution in [0.15, 0.2) is 88.9 Å². The highest BCUT2D eigenvalue weighted by Crippen LogP contribution is 2.13. The van der Waals surface area contributed by atoms with E-state index in [0.717, 1.165) is 16.7 Å². The van der Waals surface area contributed by atoms with Crippen LogP contribution in [0, 0.1) is 0 Å². The Morgan fingerprint density at radius 1 is 0.686 bits per heavy atom. The minimum absolute atomic E-state index is 0. The molecule has 180 valence electrons. The molecule has 0 spiro atoms. The van der Waals surface area contributed by atoms with E-state index in [9.17, 15) is 9.59 Å². The minimum Gasteiger partial charge on any atom is -0.384 e. The van der Waals surface area contributed by atoms with E-state index < -0.39 is 0 Å². The molecule has 3 rings (SSSR count). The molecule has 0 unspecified atom stereocenters. The van der Waals surface area contributed by atoms with E-state index in [-0.39, 0.29) is 24.2 Å². The molecule has 0 saturated heterocycles. The number of rotatable bonds is 7. The van der Waals surface area contributed by atoms with E-state index in [2.05, 4.69) is 20.6 Å². The lowest BCUT2D eigenvalue weighted by Gasteiger charge is -2.07. The molecule has 35 heavy (non-hydrogen) atoms. The topological polar surface area (TPSA) is 135 Å². The highest BCUT2D eigenvalue weighted by molar-refractivity contribution is 6.05. The van der Waals surface area contributed by atoms with Crippen LogP contribution in [0.4, 0.5) is 11.4 Å². The zero-order valence-corrected chi connectivity index (χ0v) is 20.2. The number of hydrogen-bond donors (Lipinski definition) is 4. The van der Waals surface area contributed by atoms with Crippen molar-refractivity contribution in [3.05, 3.63) is 101 Å². The van der Waals surface area contributed by atoms with E-state index in [1.165, 1.54) is 6.08 Å². The lowest BCUT2D eigenvalue weighted by Crippen LogP contribution is -2.14. The van der Waals surface area contributed by atoms with Crippen molar-refractivity contribution < 1.29 is 9.59 Å². The zero-order valence-electron chi connectivity index (χ0n) is 19.4. The molecule has 0 radical (unpaired) electrons. The average Bonchev–Trinajstić information content (AvgIpc) is 2.87. The number of benzene rings is 3. The lowest BCUT2D eigenvalue weighted by atomic mass is 10.1. The molecule has 6 N–H and O–H groups in total. The van der Waals surface area contributed by atoms with Gasteiger partial charge in [0.25, 0.3) is 5.91 Å². The third kappa shape index (κ3) is 7.55. The summed E-state index contributed by atoms with van der Waals surface area (Å²) in [6.45, 7) is 0. The predicted octanol–water partition coefficient (Wildman–Crippen LogP) is 3.68. The van der Waals surface area contributed by atoms with Crippen molar-refractivity contribution in [3.8, 4) is 0 Å². The van der Waals surface area contributed by atoms with Gasteiger partial charge in [-0.05, 0) is 72.3 Å². The van der Waals surface area contributed by atoms with Crippen molar-refractivity contribution in [1.29, 1.82) is 0 Å². The second-order valence-corrected chi connectivity index (χ2v) is 7.27. The fraction of sp³-hybridized carbons (Fsp3) is 0.0769. The van der Waals surface area contributed by atoms with Gasteiger partial charge in [-0.1, -0.05) is 12.1 Å². The van der Waals surface area contributed by atoms with Crippen molar-refractivity contribution in [2.24, 2.45) is 21.5 Å². The van der Waals surface area contributed by atoms with Gasteiger partial charge in [-0.2, -0.15) is 0 Å². The Kier molecular flexibility index (Phi) is 9.74. The second-order valence-electron chi connectivity index (χ2n) is 7.27. The van der Waals surface area contributed by atoms with Crippen molar-refractivity contribution in [3.63, 3.8) is 0 Å². The van der Waals surface area contributed by atoms with Crippen LogP contribution >= 0.6 is 12.4 Å². The molecule has 0 aromatic heterocycles. The number of amidine groups is 2. The first kappa shape index (κ1) is 26.8. The standard InChI is InChI=1S/C26H26N6O2.ClH/c1-29-24(27)18-8-12-21(13-9-18)31-23(33)16-5-17-3-6-20(7-4-17)26(34)32-22-14-10-19(11-15-22)25(28)30-2;/h3-16H,1-2H3,(H2,27,29)(H2,28,30)(H,31,33)(H,32,34);1H/b16-5-;. The summed E-state index contributed by atoms with van der Waals surface area (Å²) in [6.07, 6.45) is 3.10. The zero-order chi connectivity index (χ0) is 24.5. The van der Waals surface area contributed by atoms with Crippen LogP contribution in [0.25, 0.3) is 6.08 Å². The Hall–Kier alpha value is -4.43.